The Kier molecular flexibility index (Phi) is 5.76. The molecule has 186 valence electrons. The van der Waals surface area contributed by atoms with Crippen molar-refractivity contribution >= 4 is 5.91 Å². The van der Waals surface area contributed by atoms with Crippen molar-refractivity contribution in [3.8, 4) is 39.9 Å². The maximum Gasteiger partial charge on any atom is 0.351 e. The highest BCUT2D eigenvalue weighted by Gasteiger charge is 2.24. The molecule has 0 aliphatic carbocycles. The number of ether oxygens (including phenoxy) is 3. The smallest absolute Gasteiger partial charge is 0.351 e. The number of rotatable bonds is 5. The third-order valence-electron chi connectivity index (χ3n) is 6.38. The van der Waals surface area contributed by atoms with E-state index < -0.39 is 0 Å². The Morgan fingerprint density at radius 2 is 2.05 bits per heavy atom. The molecule has 1 N–H and O–H groups in total. The van der Waals surface area contributed by atoms with Crippen LogP contribution in [0.15, 0.2) is 65.7 Å². The van der Waals surface area contributed by atoms with Gasteiger partial charge in [0.25, 0.3) is 11.8 Å². The largest absolute Gasteiger partial charge is 0.478 e. The molecule has 5 heterocycles. The monoisotopic (exact) mass is 497 g/mol. The second-order valence-electron chi connectivity index (χ2n) is 8.72. The Hall–Kier alpha value is -4.73. The summed E-state index contributed by atoms with van der Waals surface area (Å²) in [7, 11) is 1.57. The maximum atomic E-state index is 12.8. The van der Waals surface area contributed by atoms with Crippen molar-refractivity contribution in [1.29, 1.82) is 0 Å². The predicted molar refractivity (Wildman–Crippen MR) is 134 cm³/mol. The number of pyridine rings is 2. The molecule has 2 aliphatic rings. The van der Waals surface area contributed by atoms with Crippen molar-refractivity contribution in [2.24, 2.45) is 0 Å². The quantitative estimate of drug-likeness (QED) is 0.447. The van der Waals surface area contributed by atoms with Gasteiger partial charge in [0, 0.05) is 43.2 Å². The lowest BCUT2D eigenvalue weighted by Gasteiger charge is -2.26. The van der Waals surface area contributed by atoms with Gasteiger partial charge >= 0.3 is 5.69 Å². The third-order valence-corrected chi connectivity index (χ3v) is 6.38. The molecule has 4 aromatic rings. The van der Waals surface area contributed by atoms with Crippen LogP contribution >= 0.6 is 0 Å². The summed E-state index contributed by atoms with van der Waals surface area (Å²) in [6.07, 6.45) is 3.68. The number of aryl methyl sites for hydroxylation is 1. The number of amides is 1. The molecule has 1 amide bonds. The highest BCUT2D eigenvalue weighted by molar-refractivity contribution is 5.92. The van der Waals surface area contributed by atoms with Crippen molar-refractivity contribution in [2.75, 3.05) is 20.3 Å². The van der Waals surface area contributed by atoms with E-state index in [-0.39, 0.29) is 30.2 Å². The van der Waals surface area contributed by atoms with E-state index in [2.05, 4.69) is 26.3 Å². The lowest BCUT2D eigenvalue weighted by molar-refractivity contribution is 0.0486. The fraction of sp³-hybridized carbons (Fsp3) is 0.222. The topological polar surface area (TPSA) is 117 Å². The van der Waals surface area contributed by atoms with Gasteiger partial charge < -0.3 is 19.5 Å². The van der Waals surface area contributed by atoms with Gasteiger partial charge in [-0.05, 0) is 35.7 Å². The minimum atomic E-state index is -0.355. The molecule has 1 aromatic carbocycles. The van der Waals surface area contributed by atoms with Gasteiger partial charge in [0.1, 0.15) is 18.9 Å². The van der Waals surface area contributed by atoms with Gasteiger partial charge in [-0.1, -0.05) is 24.3 Å². The van der Waals surface area contributed by atoms with Gasteiger partial charge in [0.2, 0.25) is 5.88 Å². The Bertz CT molecular complexity index is 1550. The average Bonchev–Trinajstić information content (AvgIpc) is 2.95. The van der Waals surface area contributed by atoms with Gasteiger partial charge in [0.05, 0.1) is 5.69 Å². The average molecular weight is 498 g/mol. The van der Waals surface area contributed by atoms with Crippen molar-refractivity contribution in [3.63, 3.8) is 0 Å². The van der Waals surface area contributed by atoms with E-state index in [9.17, 15) is 9.59 Å². The van der Waals surface area contributed by atoms with E-state index >= 15 is 0 Å². The van der Waals surface area contributed by atoms with E-state index in [1.165, 1.54) is 0 Å². The van der Waals surface area contributed by atoms with Gasteiger partial charge in [-0.25, -0.2) is 9.78 Å². The first-order valence-corrected chi connectivity index (χ1v) is 11.9. The van der Waals surface area contributed by atoms with Crippen LogP contribution in [-0.4, -0.2) is 51.8 Å². The Morgan fingerprint density at radius 3 is 2.89 bits per heavy atom. The van der Waals surface area contributed by atoms with Crippen LogP contribution in [-0.2, 0) is 13.0 Å². The van der Waals surface area contributed by atoms with E-state index in [1.54, 1.807) is 48.3 Å². The number of benzene rings is 1. The first-order valence-electron chi connectivity index (χ1n) is 11.9. The number of hydrogen-bond donors (Lipinski definition) is 1. The SMILES string of the molecule is CNC(=O)c1ccc(-c2ccc3c(c2)CCn2c-3cc(OCC3COc4ncccc4O3)nc2=O)cn1. The van der Waals surface area contributed by atoms with Crippen LogP contribution in [0.5, 0.6) is 17.5 Å². The lowest BCUT2D eigenvalue weighted by Crippen LogP contribution is -2.35. The Morgan fingerprint density at radius 1 is 1.16 bits per heavy atom. The molecule has 1 unspecified atom stereocenters. The number of hydrogen-bond acceptors (Lipinski definition) is 8. The number of nitrogens with one attached hydrogen (secondary N) is 1. The van der Waals surface area contributed by atoms with Crippen LogP contribution in [0, 0.1) is 0 Å². The summed E-state index contributed by atoms with van der Waals surface area (Å²) in [6, 6.07) is 15.0. The van der Waals surface area contributed by atoms with Crippen molar-refractivity contribution < 1.29 is 19.0 Å². The third kappa shape index (κ3) is 4.37. The maximum absolute atomic E-state index is 12.8. The number of carbonyl (C=O) groups is 1. The summed E-state index contributed by atoms with van der Waals surface area (Å²) < 4.78 is 19.0. The van der Waals surface area contributed by atoms with Gasteiger partial charge in [-0.3, -0.25) is 14.3 Å². The highest BCUT2D eigenvalue weighted by atomic mass is 16.6. The first kappa shape index (κ1) is 22.7. The van der Waals surface area contributed by atoms with Crippen LogP contribution in [0.2, 0.25) is 0 Å². The van der Waals surface area contributed by atoms with Crippen LogP contribution in [0.1, 0.15) is 16.1 Å². The second-order valence-corrected chi connectivity index (χ2v) is 8.72. The minimum Gasteiger partial charge on any atom is -0.478 e. The van der Waals surface area contributed by atoms with Crippen molar-refractivity contribution in [2.45, 2.75) is 19.1 Å². The molecule has 0 saturated carbocycles. The van der Waals surface area contributed by atoms with Gasteiger partial charge in [-0.2, -0.15) is 4.98 Å². The molecule has 37 heavy (non-hydrogen) atoms. The number of nitrogens with zero attached hydrogens (tertiary/aromatic N) is 4. The van der Waals surface area contributed by atoms with Crippen LogP contribution in [0.4, 0.5) is 0 Å². The Labute approximate surface area is 211 Å². The zero-order chi connectivity index (χ0) is 25.4. The summed E-state index contributed by atoms with van der Waals surface area (Å²) in [5.74, 6) is 1.03. The van der Waals surface area contributed by atoms with Crippen LogP contribution in [0.3, 0.4) is 0 Å². The predicted octanol–water partition coefficient (Wildman–Crippen LogP) is 2.50. The molecule has 2 aliphatic heterocycles. The number of aromatic nitrogens is 4. The normalized spacial score (nSPS) is 15.3. The number of fused-ring (bicyclic) bond motifs is 4. The zero-order valence-corrected chi connectivity index (χ0v) is 20.0. The molecule has 10 nitrogen and oxygen atoms in total. The van der Waals surface area contributed by atoms with E-state index in [1.807, 2.05) is 18.2 Å². The lowest BCUT2D eigenvalue weighted by atomic mass is 9.93. The fourth-order valence-corrected chi connectivity index (χ4v) is 4.51. The summed E-state index contributed by atoms with van der Waals surface area (Å²) in [6.45, 7) is 0.989. The molecule has 0 bridgehead atoms. The molecular weight excluding hydrogens is 474 g/mol. The molecule has 6 rings (SSSR count). The molecule has 1 atom stereocenters. The van der Waals surface area contributed by atoms with Gasteiger partial charge in [-0.15, -0.1) is 0 Å². The van der Waals surface area contributed by atoms with Crippen molar-refractivity contribution in [3.05, 3.63) is 82.7 Å². The molecule has 10 heteroatoms. The second kappa shape index (κ2) is 9.38. The zero-order valence-electron chi connectivity index (χ0n) is 20.0. The summed E-state index contributed by atoms with van der Waals surface area (Å²) in [5, 5.41) is 2.57. The van der Waals surface area contributed by atoms with E-state index in [0.717, 1.165) is 27.9 Å². The molecule has 0 radical (unpaired) electrons. The standard InChI is InChI=1S/C27H23N5O5/c1-28-25(33)21-7-5-18(13-30-21)16-4-6-20-17(11-16)8-10-32-22(20)12-24(31-27(32)34)35-14-19-15-36-26-23(37-19)3-2-9-29-26/h2-7,9,11-13,19H,8,10,14-15H2,1H3,(H,28,33). The fourth-order valence-electron chi connectivity index (χ4n) is 4.51. The van der Waals surface area contributed by atoms with E-state index in [0.29, 0.717) is 36.9 Å². The summed E-state index contributed by atoms with van der Waals surface area (Å²) in [5.41, 5.74) is 4.72. The Balaban J connectivity index is 1.23. The molecule has 0 fully saturated rings. The van der Waals surface area contributed by atoms with Gasteiger partial charge in [0.15, 0.2) is 11.9 Å². The number of carbonyl (C=O) groups excluding carboxylic acids is 1. The summed E-state index contributed by atoms with van der Waals surface area (Å²) >= 11 is 0. The van der Waals surface area contributed by atoms with Crippen molar-refractivity contribution in [1.82, 2.24) is 24.8 Å². The van der Waals surface area contributed by atoms with E-state index in [4.69, 9.17) is 14.2 Å². The molecule has 3 aromatic heterocycles. The molecule has 0 spiro atoms. The first-order chi connectivity index (χ1) is 18.1. The molecule has 0 saturated heterocycles. The van der Waals surface area contributed by atoms with Crippen LogP contribution < -0.4 is 25.2 Å². The summed E-state index contributed by atoms with van der Waals surface area (Å²) in [4.78, 5) is 37.1. The molecular formula is C27H23N5O5. The minimum absolute atomic E-state index is 0.176. The van der Waals surface area contributed by atoms with Crippen LogP contribution in [0.25, 0.3) is 22.4 Å². The highest BCUT2D eigenvalue weighted by Crippen LogP contribution is 2.33.